The van der Waals surface area contributed by atoms with Crippen LogP contribution in [0.5, 0.6) is 5.75 Å². The minimum absolute atomic E-state index is 0.529. The highest BCUT2D eigenvalue weighted by Crippen LogP contribution is 2.40. The Morgan fingerprint density at radius 3 is 2.36 bits per heavy atom. The van der Waals surface area contributed by atoms with E-state index in [1.807, 2.05) is 19.2 Å². The minimum Gasteiger partial charge on any atom is -0.497 e. The molecule has 0 bridgehead atoms. The largest absolute Gasteiger partial charge is 0.497 e. The number of methoxy groups -OCH3 is 1. The van der Waals surface area contributed by atoms with Crippen LogP contribution in [0, 0.1) is 5.92 Å². The van der Waals surface area contributed by atoms with Gasteiger partial charge in [0.1, 0.15) is 5.75 Å². The zero-order valence-corrected chi connectivity index (χ0v) is 8.79. The van der Waals surface area contributed by atoms with Gasteiger partial charge in [-0.25, -0.2) is 0 Å². The summed E-state index contributed by atoms with van der Waals surface area (Å²) in [6, 6.07) is 8.89. The second kappa shape index (κ2) is 4.01. The van der Waals surface area contributed by atoms with E-state index in [0.29, 0.717) is 6.04 Å². The third kappa shape index (κ3) is 1.90. The molecular formula is C12H17NO. The molecule has 0 radical (unpaired) electrons. The summed E-state index contributed by atoms with van der Waals surface area (Å²) < 4.78 is 5.14. The van der Waals surface area contributed by atoms with Crippen molar-refractivity contribution < 1.29 is 4.74 Å². The molecule has 1 atom stereocenters. The van der Waals surface area contributed by atoms with Crippen molar-refractivity contribution >= 4 is 0 Å². The molecule has 0 unspecified atom stereocenters. The van der Waals surface area contributed by atoms with Crippen LogP contribution < -0.4 is 10.1 Å². The number of hydrogen-bond donors (Lipinski definition) is 1. The van der Waals surface area contributed by atoms with Gasteiger partial charge in [0.2, 0.25) is 0 Å². The number of ether oxygens (including phenoxy) is 1. The van der Waals surface area contributed by atoms with Gasteiger partial charge in [0.15, 0.2) is 0 Å². The van der Waals surface area contributed by atoms with E-state index in [1.165, 1.54) is 18.4 Å². The molecule has 0 aromatic heterocycles. The van der Waals surface area contributed by atoms with Crippen LogP contribution in [0.25, 0.3) is 0 Å². The van der Waals surface area contributed by atoms with Crippen molar-refractivity contribution in [2.75, 3.05) is 14.2 Å². The highest BCUT2D eigenvalue weighted by Gasteiger charge is 2.30. The lowest BCUT2D eigenvalue weighted by molar-refractivity contribution is 0.414. The fourth-order valence-electron chi connectivity index (χ4n) is 1.92. The molecule has 1 fully saturated rings. The maximum atomic E-state index is 5.14. The summed E-state index contributed by atoms with van der Waals surface area (Å²) in [5, 5.41) is 3.38. The normalized spacial score (nSPS) is 17.9. The van der Waals surface area contributed by atoms with Gasteiger partial charge >= 0.3 is 0 Å². The number of hydrogen-bond acceptors (Lipinski definition) is 2. The Labute approximate surface area is 85.3 Å². The SMILES string of the molecule is CN[C@@H](c1ccc(OC)cc1)C1CC1. The lowest BCUT2D eigenvalue weighted by atomic mass is 10.0. The van der Waals surface area contributed by atoms with Gasteiger partial charge in [0.25, 0.3) is 0 Å². The first-order chi connectivity index (χ1) is 6.85. The molecule has 0 spiro atoms. The smallest absolute Gasteiger partial charge is 0.118 e. The van der Waals surface area contributed by atoms with E-state index >= 15 is 0 Å². The zero-order valence-electron chi connectivity index (χ0n) is 8.79. The van der Waals surface area contributed by atoms with E-state index < -0.39 is 0 Å². The topological polar surface area (TPSA) is 21.3 Å². The molecule has 0 aliphatic heterocycles. The van der Waals surface area contributed by atoms with Crippen molar-refractivity contribution in [1.82, 2.24) is 5.32 Å². The Kier molecular flexibility index (Phi) is 2.73. The summed E-state index contributed by atoms with van der Waals surface area (Å²) in [6.07, 6.45) is 2.72. The molecule has 1 aliphatic carbocycles. The molecule has 2 nitrogen and oxygen atoms in total. The third-order valence-corrected chi connectivity index (χ3v) is 2.88. The Morgan fingerprint density at radius 2 is 1.93 bits per heavy atom. The average Bonchev–Trinajstić information content (AvgIpc) is 3.04. The average molecular weight is 191 g/mol. The van der Waals surface area contributed by atoms with Gasteiger partial charge in [-0.3, -0.25) is 0 Å². The number of rotatable bonds is 4. The Hall–Kier alpha value is -1.02. The van der Waals surface area contributed by atoms with Gasteiger partial charge in [-0.15, -0.1) is 0 Å². The molecule has 2 heteroatoms. The summed E-state index contributed by atoms with van der Waals surface area (Å²) in [7, 11) is 3.73. The molecule has 0 heterocycles. The van der Waals surface area contributed by atoms with Crippen molar-refractivity contribution in [2.24, 2.45) is 5.92 Å². The van der Waals surface area contributed by atoms with Gasteiger partial charge in [-0.1, -0.05) is 12.1 Å². The van der Waals surface area contributed by atoms with Crippen molar-refractivity contribution in [3.63, 3.8) is 0 Å². The molecule has 0 saturated heterocycles. The predicted octanol–water partition coefficient (Wildman–Crippen LogP) is 2.37. The molecule has 14 heavy (non-hydrogen) atoms. The molecule has 1 N–H and O–H groups in total. The molecule has 2 rings (SSSR count). The molecule has 1 aromatic rings. The Morgan fingerprint density at radius 1 is 1.29 bits per heavy atom. The fraction of sp³-hybridized carbons (Fsp3) is 0.500. The minimum atomic E-state index is 0.529. The standard InChI is InChI=1S/C12H17NO/c1-13-12(9-3-4-9)10-5-7-11(14-2)8-6-10/h5-9,12-13H,3-4H2,1-2H3/t12-/m1/s1. The van der Waals surface area contributed by atoms with Gasteiger partial charge in [-0.05, 0) is 43.5 Å². The lowest BCUT2D eigenvalue weighted by Crippen LogP contribution is -2.17. The number of nitrogens with one attached hydrogen (secondary N) is 1. The molecular weight excluding hydrogens is 174 g/mol. The van der Waals surface area contributed by atoms with E-state index in [4.69, 9.17) is 4.74 Å². The van der Waals surface area contributed by atoms with Crippen molar-refractivity contribution in [1.29, 1.82) is 0 Å². The van der Waals surface area contributed by atoms with E-state index in [1.54, 1.807) is 7.11 Å². The maximum Gasteiger partial charge on any atom is 0.118 e. The van der Waals surface area contributed by atoms with E-state index in [0.717, 1.165) is 11.7 Å². The van der Waals surface area contributed by atoms with Crippen LogP contribution in [0.4, 0.5) is 0 Å². The molecule has 1 aliphatic rings. The highest BCUT2D eigenvalue weighted by atomic mass is 16.5. The van der Waals surface area contributed by atoms with Gasteiger partial charge < -0.3 is 10.1 Å². The Bertz CT molecular complexity index is 290. The summed E-state index contributed by atoms with van der Waals surface area (Å²) in [4.78, 5) is 0. The monoisotopic (exact) mass is 191 g/mol. The summed E-state index contributed by atoms with van der Waals surface area (Å²) in [6.45, 7) is 0. The molecule has 0 amide bonds. The lowest BCUT2D eigenvalue weighted by Gasteiger charge is -2.15. The zero-order chi connectivity index (χ0) is 9.97. The quantitative estimate of drug-likeness (QED) is 0.789. The van der Waals surface area contributed by atoms with Crippen molar-refractivity contribution in [3.8, 4) is 5.75 Å². The van der Waals surface area contributed by atoms with E-state index in [9.17, 15) is 0 Å². The first-order valence-electron chi connectivity index (χ1n) is 5.16. The highest BCUT2D eigenvalue weighted by molar-refractivity contribution is 5.30. The van der Waals surface area contributed by atoms with Crippen LogP contribution in [-0.2, 0) is 0 Å². The first kappa shape index (κ1) is 9.53. The van der Waals surface area contributed by atoms with Gasteiger partial charge in [0.05, 0.1) is 7.11 Å². The van der Waals surface area contributed by atoms with Crippen LogP contribution in [-0.4, -0.2) is 14.2 Å². The maximum absolute atomic E-state index is 5.14. The van der Waals surface area contributed by atoms with Gasteiger partial charge in [0, 0.05) is 6.04 Å². The number of benzene rings is 1. The molecule has 1 saturated carbocycles. The van der Waals surface area contributed by atoms with Crippen LogP contribution in [0.15, 0.2) is 24.3 Å². The van der Waals surface area contributed by atoms with Crippen LogP contribution in [0.1, 0.15) is 24.4 Å². The van der Waals surface area contributed by atoms with Gasteiger partial charge in [-0.2, -0.15) is 0 Å². The fourth-order valence-corrected chi connectivity index (χ4v) is 1.92. The van der Waals surface area contributed by atoms with Crippen molar-refractivity contribution in [2.45, 2.75) is 18.9 Å². The molecule has 76 valence electrons. The van der Waals surface area contributed by atoms with Crippen LogP contribution in [0.2, 0.25) is 0 Å². The second-order valence-corrected chi connectivity index (χ2v) is 3.88. The first-order valence-corrected chi connectivity index (χ1v) is 5.16. The van der Waals surface area contributed by atoms with Crippen LogP contribution >= 0.6 is 0 Å². The summed E-state index contributed by atoms with van der Waals surface area (Å²) in [5.41, 5.74) is 1.37. The third-order valence-electron chi connectivity index (χ3n) is 2.88. The summed E-state index contributed by atoms with van der Waals surface area (Å²) >= 11 is 0. The van der Waals surface area contributed by atoms with Crippen LogP contribution in [0.3, 0.4) is 0 Å². The van der Waals surface area contributed by atoms with E-state index in [2.05, 4.69) is 17.4 Å². The second-order valence-electron chi connectivity index (χ2n) is 3.88. The van der Waals surface area contributed by atoms with Crippen molar-refractivity contribution in [3.05, 3.63) is 29.8 Å². The predicted molar refractivity (Wildman–Crippen MR) is 57.5 cm³/mol. The van der Waals surface area contributed by atoms with E-state index in [-0.39, 0.29) is 0 Å². The summed E-state index contributed by atoms with van der Waals surface area (Å²) in [5.74, 6) is 1.77. The molecule has 1 aromatic carbocycles. The Balaban J connectivity index is 2.13.